The Labute approximate surface area is 102 Å². The van der Waals surface area contributed by atoms with Gasteiger partial charge in [-0.1, -0.05) is 19.9 Å². The van der Waals surface area contributed by atoms with Gasteiger partial charge in [0.25, 0.3) is 0 Å². The molecule has 0 amide bonds. The molecular formula is C12H19ClFNO. The molecule has 1 aromatic rings. The van der Waals surface area contributed by atoms with Crippen molar-refractivity contribution in [2.45, 2.75) is 32.9 Å². The van der Waals surface area contributed by atoms with E-state index < -0.39 is 12.1 Å². The van der Waals surface area contributed by atoms with Gasteiger partial charge in [-0.05, 0) is 36.1 Å². The van der Waals surface area contributed by atoms with Crippen molar-refractivity contribution in [2.75, 3.05) is 0 Å². The van der Waals surface area contributed by atoms with E-state index in [1.165, 1.54) is 12.1 Å². The normalized spacial score (nSPS) is 14.4. The second-order valence-corrected chi connectivity index (χ2v) is 4.26. The number of nitrogens with two attached hydrogens (primary N) is 1. The Kier molecular flexibility index (Phi) is 5.94. The highest BCUT2D eigenvalue weighted by Crippen LogP contribution is 2.23. The van der Waals surface area contributed by atoms with Crippen LogP contribution >= 0.6 is 12.4 Å². The Morgan fingerprint density at radius 1 is 1.31 bits per heavy atom. The Morgan fingerprint density at radius 2 is 1.88 bits per heavy atom. The monoisotopic (exact) mass is 247 g/mol. The first kappa shape index (κ1) is 15.4. The lowest BCUT2D eigenvalue weighted by molar-refractivity contribution is 0.0977. The summed E-state index contributed by atoms with van der Waals surface area (Å²) in [7, 11) is 0. The average molecular weight is 248 g/mol. The molecule has 0 heterocycles. The lowest BCUT2D eigenvalue weighted by atomic mass is 9.92. The van der Waals surface area contributed by atoms with Crippen LogP contribution in [0.15, 0.2) is 18.2 Å². The molecule has 3 N–H and O–H groups in total. The van der Waals surface area contributed by atoms with Crippen LogP contribution in [0.2, 0.25) is 0 Å². The molecule has 0 aromatic heterocycles. The van der Waals surface area contributed by atoms with Crippen molar-refractivity contribution in [3.05, 3.63) is 35.1 Å². The van der Waals surface area contributed by atoms with E-state index in [0.29, 0.717) is 0 Å². The summed E-state index contributed by atoms with van der Waals surface area (Å²) >= 11 is 0. The van der Waals surface area contributed by atoms with Gasteiger partial charge in [-0.2, -0.15) is 0 Å². The largest absolute Gasteiger partial charge is 0.391 e. The average Bonchev–Trinajstić information content (AvgIpc) is 2.15. The predicted molar refractivity (Wildman–Crippen MR) is 66.2 cm³/mol. The number of rotatable bonds is 3. The minimum atomic E-state index is -0.603. The van der Waals surface area contributed by atoms with Crippen molar-refractivity contribution >= 4 is 12.4 Å². The number of aliphatic hydroxyl groups excluding tert-OH is 1. The molecule has 0 aliphatic heterocycles. The molecule has 2 atom stereocenters. The van der Waals surface area contributed by atoms with Gasteiger partial charge in [0.15, 0.2) is 0 Å². The maximum absolute atomic E-state index is 12.9. The summed E-state index contributed by atoms with van der Waals surface area (Å²) in [4.78, 5) is 0. The predicted octanol–water partition coefficient (Wildman–Crippen LogP) is 2.57. The summed E-state index contributed by atoms with van der Waals surface area (Å²) in [5.41, 5.74) is 7.50. The number of aryl methyl sites for hydroxylation is 1. The fourth-order valence-electron chi connectivity index (χ4n) is 1.61. The minimum absolute atomic E-state index is 0. The smallest absolute Gasteiger partial charge is 0.123 e. The molecule has 0 aliphatic carbocycles. The van der Waals surface area contributed by atoms with Crippen LogP contribution in [-0.4, -0.2) is 11.2 Å². The summed E-state index contributed by atoms with van der Waals surface area (Å²) < 4.78 is 12.9. The quantitative estimate of drug-likeness (QED) is 0.863. The first-order valence-corrected chi connectivity index (χ1v) is 5.13. The van der Waals surface area contributed by atoms with Crippen LogP contribution < -0.4 is 5.73 Å². The molecule has 2 nitrogen and oxygen atoms in total. The van der Waals surface area contributed by atoms with Crippen molar-refractivity contribution in [2.24, 2.45) is 11.7 Å². The lowest BCUT2D eigenvalue weighted by Gasteiger charge is -2.23. The van der Waals surface area contributed by atoms with Crippen molar-refractivity contribution in [1.29, 1.82) is 0 Å². The molecular weight excluding hydrogens is 229 g/mol. The molecule has 0 fully saturated rings. The third kappa shape index (κ3) is 3.44. The fourth-order valence-corrected chi connectivity index (χ4v) is 1.61. The topological polar surface area (TPSA) is 46.2 Å². The highest BCUT2D eigenvalue weighted by Gasteiger charge is 2.21. The van der Waals surface area contributed by atoms with Crippen molar-refractivity contribution in [3.63, 3.8) is 0 Å². The first-order chi connectivity index (χ1) is 6.93. The molecule has 1 aromatic carbocycles. The Balaban J connectivity index is 0.00000225. The highest BCUT2D eigenvalue weighted by molar-refractivity contribution is 5.85. The van der Waals surface area contributed by atoms with Crippen molar-refractivity contribution in [1.82, 2.24) is 0 Å². The SMILES string of the molecule is Cc1cc(F)ccc1[C@H](N)[C@H](O)C(C)C.Cl. The number of hydrogen-bond donors (Lipinski definition) is 2. The second kappa shape index (κ2) is 6.18. The minimum Gasteiger partial charge on any atom is -0.391 e. The van der Waals surface area contributed by atoms with Gasteiger partial charge in [-0.15, -0.1) is 12.4 Å². The molecule has 0 spiro atoms. The summed E-state index contributed by atoms with van der Waals surface area (Å²) in [6, 6.07) is 3.99. The maximum Gasteiger partial charge on any atom is 0.123 e. The van der Waals surface area contributed by atoms with Gasteiger partial charge in [-0.25, -0.2) is 4.39 Å². The molecule has 0 unspecified atom stereocenters. The molecule has 1 rings (SSSR count). The van der Waals surface area contributed by atoms with Gasteiger partial charge in [0, 0.05) is 0 Å². The van der Waals surface area contributed by atoms with Gasteiger partial charge in [0.2, 0.25) is 0 Å². The molecule has 4 heteroatoms. The van der Waals surface area contributed by atoms with Crippen molar-refractivity contribution < 1.29 is 9.50 Å². The van der Waals surface area contributed by atoms with E-state index in [4.69, 9.17) is 5.73 Å². The van der Waals surface area contributed by atoms with Crippen LogP contribution in [0.1, 0.15) is 31.0 Å². The molecule has 0 radical (unpaired) electrons. The van der Waals surface area contributed by atoms with E-state index in [1.54, 1.807) is 13.0 Å². The Morgan fingerprint density at radius 3 is 2.31 bits per heavy atom. The van der Waals surface area contributed by atoms with Gasteiger partial charge in [-0.3, -0.25) is 0 Å². The molecule has 92 valence electrons. The number of halogens is 2. The number of aliphatic hydroxyl groups is 1. The standard InChI is InChI=1S/C12H18FNO.ClH/c1-7(2)12(15)11(14)10-5-4-9(13)6-8(10)3;/h4-7,11-12,15H,14H2,1-3H3;1H/t11-,12+;/m0./s1. The van der Waals surface area contributed by atoms with Crippen molar-refractivity contribution in [3.8, 4) is 0 Å². The van der Waals surface area contributed by atoms with E-state index in [2.05, 4.69) is 0 Å². The molecule has 0 saturated heterocycles. The van der Waals surface area contributed by atoms with E-state index >= 15 is 0 Å². The summed E-state index contributed by atoms with van der Waals surface area (Å²) in [6.07, 6.45) is -0.603. The van der Waals surface area contributed by atoms with Gasteiger partial charge >= 0.3 is 0 Å². The zero-order valence-electron chi connectivity index (χ0n) is 9.77. The van der Waals surface area contributed by atoms with Gasteiger partial charge in [0.05, 0.1) is 12.1 Å². The third-order valence-corrected chi connectivity index (χ3v) is 2.64. The Hall–Kier alpha value is -0.640. The molecule has 0 bridgehead atoms. The van der Waals surface area contributed by atoms with Gasteiger partial charge in [0.1, 0.15) is 5.82 Å². The van der Waals surface area contributed by atoms with E-state index in [0.717, 1.165) is 11.1 Å². The van der Waals surface area contributed by atoms with E-state index in [9.17, 15) is 9.50 Å². The molecule has 0 saturated carbocycles. The third-order valence-electron chi connectivity index (χ3n) is 2.64. The fraction of sp³-hybridized carbons (Fsp3) is 0.500. The second-order valence-electron chi connectivity index (χ2n) is 4.26. The van der Waals surface area contributed by atoms with Crippen LogP contribution in [0.3, 0.4) is 0 Å². The highest BCUT2D eigenvalue weighted by atomic mass is 35.5. The van der Waals surface area contributed by atoms with Crippen LogP contribution in [0, 0.1) is 18.7 Å². The number of benzene rings is 1. The van der Waals surface area contributed by atoms with E-state index in [1.807, 2.05) is 13.8 Å². The van der Waals surface area contributed by atoms with Gasteiger partial charge < -0.3 is 10.8 Å². The van der Waals surface area contributed by atoms with E-state index in [-0.39, 0.29) is 24.1 Å². The van der Waals surface area contributed by atoms with Crippen LogP contribution in [0.4, 0.5) is 4.39 Å². The zero-order valence-corrected chi connectivity index (χ0v) is 10.6. The Bertz CT molecular complexity index is 344. The maximum atomic E-state index is 12.9. The summed E-state index contributed by atoms with van der Waals surface area (Å²) in [6.45, 7) is 5.61. The first-order valence-electron chi connectivity index (χ1n) is 5.13. The molecule has 16 heavy (non-hydrogen) atoms. The van der Waals surface area contributed by atoms with Crippen LogP contribution in [0.25, 0.3) is 0 Å². The zero-order chi connectivity index (χ0) is 11.6. The van der Waals surface area contributed by atoms with Crippen LogP contribution in [0.5, 0.6) is 0 Å². The lowest BCUT2D eigenvalue weighted by Crippen LogP contribution is -2.31. The number of hydrogen-bond acceptors (Lipinski definition) is 2. The van der Waals surface area contributed by atoms with Crippen LogP contribution in [-0.2, 0) is 0 Å². The summed E-state index contributed by atoms with van der Waals surface area (Å²) in [5, 5.41) is 9.82. The molecule has 0 aliphatic rings. The summed E-state index contributed by atoms with van der Waals surface area (Å²) in [5.74, 6) is -0.188.